The molecule has 1 aromatic carbocycles. The van der Waals surface area contributed by atoms with E-state index in [2.05, 4.69) is 20.6 Å². The molecule has 3 rings (SSSR count). The fourth-order valence-electron chi connectivity index (χ4n) is 2.67. The van der Waals surface area contributed by atoms with Gasteiger partial charge in [-0.3, -0.25) is 4.79 Å². The Labute approximate surface area is 124 Å². The van der Waals surface area contributed by atoms with Crippen molar-refractivity contribution in [2.75, 3.05) is 11.9 Å². The van der Waals surface area contributed by atoms with Crippen molar-refractivity contribution in [1.82, 2.24) is 15.3 Å². The Balaban J connectivity index is 1.69. The van der Waals surface area contributed by atoms with E-state index >= 15 is 0 Å². The predicted octanol–water partition coefficient (Wildman–Crippen LogP) is 2.55. The molecule has 5 nitrogen and oxygen atoms in total. The van der Waals surface area contributed by atoms with Crippen molar-refractivity contribution in [3.8, 4) is 11.3 Å². The Hall–Kier alpha value is -2.14. The van der Waals surface area contributed by atoms with E-state index in [4.69, 9.17) is 0 Å². The summed E-state index contributed by atoms with van der Waals surface area (Å²) in [5, 5.41) is 6.32. The summed E-state index contributed by atoms with van der Waals surface area (Å²) in [4.78, 5) is 19.5. The highest BCUT2D eigenvalue weighted by Crippen LogP contribution is 2.22. The number of amides is 1. The highest BCUT2D eigenvalue weighted by molar-refractivity contribution is 5.98. The van der Waals surface area contributed by atoms with E-state index in [1.165, 1.54) is 0 Å². The average molecular weight is 284 g/mol. The molecule has 21 heavy (non-hydrogen) atoms. The monoisotopic (exact) mass is 284 g/mol. The maximum atomic E-state index is 12.4. The van der Waals surface area contributed by atoms with Crippen LogP contribution < -0.4 is 10.6 Å². The molecule has 110 valence electrons. The van der Waals surface area contributed by atoms with E-state index in [1.807, 2.05) is 31.2 Å². The number of nitrogens with zero attached hydrogens (tertiary/aromatic N) is 1. The molecule has 1 atom stereocenters. The first-order valence-corrected chi connectivity index (χ1v) is 7.33. The Kier molecular flexibility index (Phi) is 3.75. The number of imidazole rings is 1. The molecule has 5 heteroatoms. The lowest BCUT2D eigenvalue weighted by Gasteiger charge is -2.33. The minimum Gasteiger partial charge on any atom is -0.345 e. The number of rotatable bonds is 3. The topological polar surface area (TPSA) is 69.8 Å². The first-order chi connectivity index (χ1) is 10.2. The van der Waals surface area contributed by atoms with Gasteiger partial charge in [0.05, 0.1) is 23.8 Å². The molecule has 1 fully saturated rings. The molecule has 3 N–H and O–H groups in total. The molecule has 1 aromatic heterocycles. The van der Waals surface area contributed by atoms with Crippen LogP contribution in [0.1, 0.15) is 26.2 Å². The van der Waals surface area contributed by atoms with Crippen LogP contribution in [0, 0.1) is 0 Å². The van der Waals surface area contributed by atoms with Crippen LogP contribution in [-0.4, -0.2) is 28.0 Å². The lowest BCUT2D eigenvalue weighted by molar-refractivity contribution is -0.122. The first-order valence-electron chi connectivity index (χ1n) is 7.33. The summed E-state index contributed by atoms with van der Waals surface area (Å²) in [7, 11) is 0. The Morgan fingerprint density at radius 1 is 1.29 bits per heavy atom. The number of aromatic amines is 1. The zero-order chi connectivity index (χ0) is 14.7. The number of carbonyl (C=O) groups excluding carboxylic acids is 1. The zero-order valence-electron chi connectivity index (χ0n) is 12.1. The van der Waals surface area contributed by atoms with Gasteiger partial charge in [0.15, 0.2) is 0 Å². The molecular formula is C16H20N4O. The quantitative estimate of drug-likeness (QED) is 0.811. The van der Waals surface area contributed by atoms with Crippen LogP contribution >= 0.6 is 0 Å². The van der Waals surface area contributed by atoms with E-state index in [9.17, 15) is 4.79 Å². The van der Waals surface area contributed by atoms with Gasteiger partial charge in [-0.25, -0.2) is 4.98 Å². The molecule has 1 unspecified atom stereocenters. The smallest absolute Gasteiger partial charge is 0.244 e. The van der Waals surface area contributed by atoms with Gasteiger partial charge < -0.3 is 15.6 Å². The van der Waals surface area contributed by atoms with Crippen LogP contribution in [-0.2, 0) is 4.79 Å². The van der Waals surface area contributed by atoms with Crippen molar-refractivity contribution in [2.24, 2.45) is 0 Å². The van der Waals surface area contributed by atoms with E-state index in [0.717, 1.165) is 42.8 Å². The minimum atomic E-state index is -0.458. The molecule has 1 amide bonds. The fourth-order valence-corrected chi connectivity index (χ4v) is 2.67. The van der Waals surface area contributed by atoms with Gasteiger partial charge in [-0.2, -0.15) is 0 Å². The molecule has 2 aromatic rings. The van der Waals surface area contributed by atoms with Crippen LogP contribution in [0.4, 0.5) is 5.69 Å². The van der Waals surface area contributed by atoms with E-state index in [0.29, 0.717) is 0 Å². The number of aromatic nitrogens is 2. The Morgan fingerprint density at radius 2 is 2.10 bits per heavy atom. The van der Waals surface area contributed by atoms with Crippen molar-refractivity contribution in [3.05, 3.63) is 36.8 Å². The average Bonchev–Trinajstić information content (AvgIpc) is 3.03. The van der Waals surface area contributed by atoms with Gasteiger partial charge in [-0.1, -0.05) is 12.1 Å². The summed E-state index contributed by atoms with van der Waals surface area (Å²) < 4.78 is 0. The minimum absolute atomic E-state index is 0.0384. The molecule has 0 bridgehead atoms. The van der Waals surface area contributed by atoms with Crippen molar-refractivity contribution in [1.29, 1.82) is 0 Å². The highest BCUT2D eigenvalue weighted by atomic mass is 16.2. The van der Waals surface area contributed by atoms with Gasteiger partial charge in [-0.05, 0) is 50.4 Å². The number of hydrogen-bond acceptors (Lipinski definition) is 3. The number of piperidine rings is 1. The Morgan fingerprint density at radius 3 is 2.71 bits per heavy atom. The SMILES string of the molecule is CC1(C(=O)Nc2ccc(-c3cnc[nH]3)cc2)CCCCN1. The molecule has 1 aliphatic heterocycles. The fraction of sp³-hybridized carbons (Fsp3) is 0.375. The van der Waals surface area contributed by atoms with Gasteiger partial charge in [-0.15, -0.1) is 0 Å². The van der Waals surface area contributed by atoms with Gasteiger partial charge in [0, 0.05) is 5.69 Å². The van der Waals surface area contributed by atoms with Crippen LogP contribution in [0.15, 0.2) is 36.8 Å². The van der Waals surface area contributed by atoms with Gasteiger partial charge in [0.1, 0.15) is 0 Å². The number of hydrogen-bond donors (Lipinski definition) is 3. The number of H-pyrrole nitrogens is 1. The first kappa shape index (κ1) is 13.8. The summed E-state index contributed by atoms with van der Waals surface area (Å²) in [6.45, 7) is 2.88. The summed E-state index contributed by atoms with van der Waals surface area (Å²) in [6, 6.07) is 7.78. The van der Waals surface area contributed by atoms with Crippen molar-refractivity contribution >= 4 is 11.6 Å². The van der Waals surface area contributed by atoms with E-state index < -0.39 is 5.54 Å². The van der Waals surface area contributed by atoms with Gasteiger partial charge in [0.25, 0.3) is 0 Å². The lowest BCUT2D eigenvalue weighted by atomic mass is 9.90. The maximum absolute atomic E-state index is 12.4. The molecule has 2 heterocycles. The molecule has 0 spiro atoms. The van der Waals surface area contributed by atoms with Crippen LogP contribution in [0.5, 0.6) is 0 Å². The number of nitrogens with one attached hydrogen (secondary N) is 3. The molecule has 0 saturated carbocycles. The number of anilines is 1. The molecule has 1 saturated heterocycles. The summed E-state index contributed by atoms with van der Waals surface area (Å²) in [5.74, 6) is 0.0384. The third kappa shape index (κ3) is 2.97. The molecular weight excluding hydrogens is 264 g/mol. The van der Waals surface area contributed by atoms with Gasteiger partial charge in [0.2, 0.25) is 5.91 Å². The van der Waals surface area contributed by atoms with Crippen LogP contribution in [0.2, 0.25) is 0 Å². The highest BCUT2D eigenvalue weighted by Gasteiger charge is 2.34. The second-order valence-electron chi connectivity index (χ2n) is 5.71. The third-order valence-corrected chi connectivity index (χ3v) is 4.07. The predicted molar refractivity (Wildman–Crippen MR) is 82.9 cm³/mol. The zero-order valence-corrected chi connectivity index (χ0v) is 12.1. The second kappa shape index (κ2) is 5.69. The Bertz CT molecular complexity index is 598. The van der Waals surface area contributed by atoms with Crippen LogP contribution in [0.3, 0.4) is 0 Å². The van der Waals surface area contributed by atoms with E-state index in [-0.39, 0.29) is 5.91 Å². The number of carbonyl (C=O) groups is 1. The standard InChI is InChI=1S/C16H20N4O/c1-16(8-2-3-9-19-16)15(21)20-13-6-4-12(5-7-13)14-10-17-11-18-14/h4-7,10-11,19H,2-3,8-9H2,1H3,(H,17,18)(H,20,21). The molecule has 0 aliphatic carbocycles. The molecule has 0 radical (unpaired) electrons. The maximum Gasteiger partial charge on any atom is 0.244 e. The normalized spacial score (nSPS) is 22.0. The lowest BCUT2D eigenvalue weighted by Crippen LogP contribution is -2.54. The third-order valence-electron chi connectivity index (χ3n) is 4.07. The van der Waals surface area contributed by atoms with Crippen molar-refractivity contribution in [3.63, 3.8) is 0 Å². The van der Waals surface area contributed by atoms with E-state index in [1.54, 1.807) is 12.5 Å². The van der Waals surface area contributed by atoms with Crippen LogP contribution in [0.25, 0.3) is 11.3 Å². The summed E-state index contributed by atoms with van der Waals surface area (Å²) in [6.07, 6.45) is 6.55. The summed E-state index contributed by atoms with van der Waals surface area (Å²) in [5.41, 5.74) is 2.37. The van der Waals surface area contributed by atoms with Crippen molar-refractivity contribution < 1.29 is 4.79 Å². The van der Waals surface area contributed by atoms with Crippen molar-refractivity contribution in [2.45, 2.75) is 31.7 Å². The largest absolute Gasteiger partial charge is 0.345 e. The second-order valence-corrected chi connectivity index (χ2v) is 5.71. The molecule has 1 aliphatic rings. The summed E-state index contributed by atoms with van der Waals surface area (Å²) >= 11 is 0. The number of benzene rings is 1. The van der Waals surface area contributed by atoms with Gasteiger partial charge >= 0.3 is 0 Å².